The third-order valence-electron chi connectivity index (χ3n) is 5.12. The minimum atomic E-state index is -0.303. The van der Waals surface area contributed by atoms with Crippen molar-refractivity contribution in [3.05, 3.63) is 66.1 Å². The lowest BCUT2D eigenvalue weighted by Gasteiger charge is -2.14. The van der Waals surface area contributed by atoms with E-state index >= 15 is 0 Å². The van der Waals surface area contributed by atoms with Crippen LogP contribution in [-0.2, 0) is 30.7 Å². The molecule has 1 aliphatic carbocycles. The summed E-state index contributed by atoms with van der Waals surface area (Å²) in [4.78, 5) is 28.3. The fourth-order valence-electron chi connectivity index (χ4n) is 3.73. The van der Waals surface area contributed by atoms with Crippen molar-refractivity contribution in [2.45, 2.75) is 38.8 Å². The van der Waals surface area contributed by atoms with Crippen molar-refractivity contribution in [1.82, 2.24) is 9.13 Å². The smallest absolute Gasteiger partial charge is 0.332 e. The van der Waals surface area contributed by atoms with Gasteiger partial charge >= 0.3 is 5.69 Å². The van der Waals surface area contributed by atoms with Crippen LogP contribution in [0.5, 0.6) is 0 Å². The summed E-state index contributed by atoms with van der Waals surface area (Å²) in [5.74, 6) is 0. The SMILES string of the molecule is COCCn1c(=O)c2c3c(sc2n(Cc2ccccc2Cl)c1=O)CCCC3. The van der Waals surface area contributed by atoms with Crippen LogP contribution < -0.4 is 11.2 Å². The zero-order valence-corrected chi connectivity index (χ0v) is 16.7. The number of hydrogen-bond donors (Lipinski definition) is 0. The zero-order chi connectivity index (χ0) is 19.0. The third kappa shape index (κ3) is 3.26. The molecule has 1 aliphatic rings. The molecule has 2 heterocycles. The lowest BCUT2D eigenvalue weighted by molar-refractivity contribution is 0.184. The van der Waals surface area contributed by atoms with E-state index in [2.05, 4.69) is 0 Å². The van der Waals surface area contributed by atoms with Crippen molar-refractivity contribution in [2.24, 2.45) is 0 Å². The summed E-state index contributed by atoms with van der Waals surface area (Å²) < 4.78 is 8.13. The highest BCUT2D eigenvalue weighted by Crippen LogP contribution is 2.34. The molecule has 3 aromatic rings. The molecule has 2 aromatic heterocycles. The normalized spacial score (nSPS) is 13.9. The second-order valence-electron chi connectivity index (χ2n) is 6.80. The van der Waals surface area contributed by atoms with Crippen molar-refractivity contribution in [3.8, 4) is 0 Å². The first-order valence-corrected chi connectivity index (χ1v) is 10.3. The van der Waals surface area contributed by atoms with E-state index in [-0.39, 0.29) is 17.8 Å². The van der Waals surface area contributed by atoms with Crippen LogP contribution in [0.4, 0.5) is 0 Å². The predicted octanol–water partition coefficient (Wildman–Crippen LogP) is 3.45. The van der Waals surface area contributed by atoms with Crippen LogP contribution in [0.1, 0.15) is 28.8 Å². The lowest BCUT2D eigenvalue weighted by atomic mass is 9.97. The number of methoxy groups -OCH3 is 1. The topological polar surface area (TPSA) is 53.2 Å². The average molecular weight is 405 g/mol. The molecule has 0 radical (unpaired) electrons. The Balaban J connectivity index is 1.98. The van der Waals surface area contributed by atoms with Gasteiger partial charge in [-0.3, -0.25) is 13.9 Å². The van der Waals surface area contributed by atoms with Gasteiger partial charge in [-0.2, -0.15) is 0 Å². The van der Waals surface area contributed by atoms with Crippen LogP contribution in [0.2, 0.25) is 5.02 Å². The Morgan fingerprint density at radius 3 is 2.70 bits per heavy atom. The molecule has 0 bridgehead atoms. The Bertz CT molecular complexity index is 1110. The Hall–Kier alpha value is -1.89. The Kier molecular flexibility index (Phi) is 5.21. The highest BCUT2D eigenvalue weighted by atomic mass is 35.5. The molecule has 4 rings (SSSR count). The summed E-state index contributed by atoms with van der Waals surface area (Å²) >= 11 is 7.92. The van der Waals surface area contributed by atoms with Crippen LogP contribution in [0.15, 0.2) is 33.9 Å². The molecular weight excluding hydrogens is 384 g/mol. The molecule has 0 saturated heterocycles. The molecular formula is C20H21ClN2O3S. The zero-order valence-electron chi connectivity index (χ0n) is 15.2. The maximum atomic E-state index is 13.2. The first kappa shape index (κ1) is 18.5. The summed E-state index contributed by atoms with van der Waals surface area (Å²) in [6.45, 7) is 0.915. The fraction of sp³-hybridized carbons (Fsp3) is 0.400. The number of aromatic nitrogens is 2. The molecule has 0 fully saturated rings. The minimum absolute atomic E-state index is 0.193. The van der Waals surface area contributed by atoms with Gasteiger partial charge in [0.05, 0.1) is 25.1 Å². The van der Waals surface area contributed by atoms with Gasteiger partial charge in [-0.25, -0.2) is 4.79 Å². The molecule has 5 nitrogen and oxygen atoms in total. The number of benzene rings is 1. The van der Waals surface area contributed by atoms with Gasteiger partial charge in [-0.05, 0) is 42.9 Å². The van der Waals surface area contributed by atoms with Crippen LogP contribution >= 0.6 is 22.9 Å². The van der Waals surface area contributed by atoms with Gasteiger partial charge in [0, 0.05) is 17.0 Å². The first-order valence-electron chi connectivity index (χ1n) is 9.12. The van der Waals surface area contributed by atoms with Gasteiger partial charge in [-0.15, -0.1) is 11.3 Å². The summed E-state index contributed by atoms with van der Waals surface area (Å²) in [5, 5.41) is 1.32. The number of thiophene rings is 1. The highest BCUT2D eigenvalue weighted by Gasteiger charge is 2.23. The van der Waals surface area contributed by atoms with E-state index < -0.39 is 0 Å². The summed E-state index contributed by atoms with van der Waals surface area (Å²) in [5.41, 5.74) is 1.50. The van der Waals surface area contributed by atoms with Crippen molar-refractivity contribution in [2.75, 3.05) is 13.7 Å². The largest absolute Gasteiger partial charge is 0.383 e. The number of ether oxygens (including phenoxy) is 1. The van der Waals surface area contributed by atoms with E-state index in [9.17, 15) is 9.59 Å². The molecule has 0 amide bonds. The number of aryl methyl sites for hydroxylation is 2. The van der Waals surface area contributed by atoms with Crippen molar-refractivity contribution >= 4 is 33.2 Å². The molecule has 1 aromatic carbocycles. The molecule has 7 heteroatoms. The van der Waals surface area contributed by atoms with Gasteiger partial charge < -0.3 is 4.74 Å². The van der Waals surface area contributed by atoms with E-state index in [0.717, 1.165) is 41.6 Å². The number of rotatable bonds is 5. The Labute approximate surface area is 165 Å². The number of halogens is 1. The first-order chi connectivity index (χ1) is 13.1. The predicted molar refractivity (Wildman–Crippen MR) is 109 cm³/mol. The third-order valence-corrected chi connectivity index (χ3v) is 6.81. The minimum Gasteiger partial charge on any atom is -0.383 e. The molecule has 0 N–H and O–H groups in total. The number of hydrogen-bond acceptors (Lipinski definition) is 4. The number of nitrogens with zero attached hydrogens (tertiary/aromatic N) is 2. The molecule has 0 atom stereocenters. The Morgan fingerprint density at radius 1 is 1.15 bits per heavy atom. The van der Waals surface area contributed by atoms with E-state index in [1.165, 1.54) is 9.44 Å². The monoisotopic (exact) mass is 404 g/mol. The summed E-state index contributed by atoms with van der Waals surface area (Å²) in [7, 11) is 1.57. The maximum Gasteiger partial charge on any atom is 0.332 e. The second kappa shape index (κ2) is 7.62. The highest BCUT2D eigenvalue weighted by molar-refractivity contribution is 7.18. The van der Waals surface area contributed by atoms with E-state index in [4.69, 9.17) is 16.3 Å². The molecule has 0 unspecified atom stereocenters. The van der Waals surface area contributed by atoms with Crippen LogP contribution in [-0.4, -0.2) is 22.9 Å². The van der Waals surface area contributed by atoms with Gasteiger partial charge in [0.25, 0.3) is 5.56 Å². The molecule has 142 valence electrons. The average Bonchev–Trinajstić information content (AvgIpc) is 3.06. The molecule has 27 heavy (non-hydrogen) atoms. The Morgan fingerprint density at radius 2 is 1.93 bits per heavy atom. The van der Waals surface area contributed by atoms with Crippen molar-refractivity contribution in [3.63, 3.8) is 0 Å². The molecule has 0 saturated carbocycles. The van der Waals surface area contributed by atoms with Crippen molar-refractivity contribution < 1.29 is 4.74 Å². The molecule has 0 spiro atoms. The van der Waals surface area contributed by atoms with Crippen LogP contribution in [0, 0.1) is 0 Å². The lowest BCUT2D eigenvalue weighted by Crippen LogP contribution is -2.41. The maximum absolute atomic E-state index is 13.2. The van der Waals surface area contributed by atoms with E-state index in [1.54, 1.807) is 23.0 Å². The van der Waals surface area contributed by atoms with Crippen LogP contribution in [0.25, 0.3) is 10.2 Å². The van der Waals surface area contributed by atoms with Crippen molar-refractivity contribution in [1.29, 1.82) is 0 Å². The summed E-state index contributed by atoms with van der Waals surface area (Å²) in [6.07, 6.45) is 4.10. The standard InChI is InChI=1S/C20H21ClN2O3S/c1-26-11-10-22-18(24)17-14-7-3-5-9-16(14)27-19(17)23(20(22)25)12-13-6-2-4-8-15(13)21/h2,4,6,8H,3,5,7,9-12H2,1H3. The van der Waals surface area contributed by atoms with Gasteiger partial charge in [0.1, 0.15) is 4.83 Å². The quantitative estimate of drug-likeness (QED) is 0.654. The van der Waals surface area contributed by atoms with Gasteiger partial charge in [0.15, 0.2) is 0 Å². The van der Waals surface area contributed by atoms with Gasteiger partial charge in [0.2, 0.25) is 0 Å². The fourth-order valence-corrected chi connectivity index (χ4v) is 5.30. The van der Waals surface area contributed by atoms with Gasteiger partial charge in [-0.1, -0.05) is 29.8 Å². The number of fused-ring (bicyclic) bond motifs is 3. The van der Waals surface area contributed by atoms with Crippen LogP contribution in [0.3, 0.4) is 0 Å². The van der Waals surface area contributed by atoms with E-state index in [1.807, 2.05) is 24.3 Å². The summed E-state index contributed by atoms with van der Waals surface area (Å²) in [6, 6.07) is 7.51. The second-order valence-corrected chi connectivity index (χ2v) is 8.29. The van der Waals surface area contributed by atoms with E-state index in [0.29, 0.717) is 23.6 Å². The molecule has 0 aliphatic heterocycles.